The van der Waals surface area contributed by atoms with Crippen LogP contribution >= 0.6 is 0 Å². The second kappa shape index (κ2) is 10.3. The largest absolute Gasteiger partial charge is 0.387 e. The second-order valence-corrected chi connectivity index (χ2v) is 12.4. The Morgan fingerprint density at radius 1 is 0.921 bits per heavy atom. The van der Waals surface area contributed by atoms with Gasteiger partial charge in [0.1, 0.15) is 0 Å². The first-order chi connectivity index (χ1) is 18.1. The molecule has 7 nitrogen and oxygen atoms in total. The number of fused-ring (bicyclic) bond motifs is 4. The molecule has 0 radical (unpaired) electrons. The van der Waals surface area contributed by atoms with E-state index in [0.717, 1.165) is 44.1 Å². The molecule has 0 spiro atoms. The van der Waals surface area contributed by atoms with Crippen LogP contribution in [0, 0.1) is 17.3 Å². The Balaban J connectivity index is 1.62. The van der Waals surface area contributed by atoms with E-state index < -0.39 is 23.3 Å². The van der Waals surface area contributed by atoms with Crippen LogP contribution in [0.5, 0.6) is 0 Å². The fraction of sp³-hybridized carbons (Fsp3) is 0.742. The summed E-state index contributed by atoms with van der Waals surface area (Å²) in [6.07, 6.45) is 5.63. The Morgan fingerprint density at radius 3 is 2.21 bits per heavy atom. The number of rotatable bonds is 8. The maximum absolute atomic E-state index is 12.1. The SMILES string of the molecule is COCC1(O)CCC2C3CCC4(O)CC(OC)(OC)CCC4=C3C(c3ccc(C(OC)OC)cc3)C[C@@]21C. The zero-order valence-corrected chi connectivity index (χ0v) is 23.9. The van der Waals surface area contributed by atoms with Crippen molar-refractivity contribution in [2.75, 3.05) is 42.2 Å². The Morgan fingerprint density at radius 2 is 1.61 bits per heavy atom. The molecule has 1 aromatic rings. The van der Waals surface area contributed by atoms with Crippen LogP contribution in [-0.2, 0) is 23.7 Å². The average Bonchev–Trinajstić information content (AvgIpc) is 3.18. The Kier molecular flexibility index (Phi) is 7.62. The summed E-state index contributed by atoms with van der Waals surface area (Å²) in [5.74, 6) is 0.0172. The highest BCUT2D eigenvalue weighted by atomic mass is 16.7. The lowest BCUT2D eigenvalue weighted by molar-refractivity contribution is -0.246. The maximum Gasteiger partial charge on any atom is 0.183 e. The summed E-state index contributed by atoms with van der Waals surface area (Å²) in [5.41, 5.74) is 2.66. The van der Waals surface area contributed by atoms with E-state index >= 15 is 0 Å². The molecule has 1 aromatic carbocycles. The van der Waals surface area contributed by atoms with Crippen molar-refractivity contribution in [2.24, 2.45) is 17.3 Å². The molecule has 212 valence electrons. The summed E-state index contributed by atoms with van der Waals surface area (Å²) in [4.78, 5) is 0. The molecule has 0 amide bonds. The van der Waals surface area contributed by atoms with Crippen molar-refractivity contribution in [1.29, 1.82) is 0 Å². The molecule has 5 unspecified atom stereocenters. The molecule has 0 aromatic heterocycles. The van der Waals surface area contributed by atoms with E-state index in [1.807, 2.05) is 0 Å². The highest BCUT2D eigenvalue weighted by molar-refractivity contribution is 5.44. The molecule has 0 saturated heterocycles. The molecule has 7 heteroatoms. The molecule has 0 heterocycles. The third-order valence-electron chi connectivity index (χ3n) is 10.9. The van der Waals surface area contributed by atoms with Gasteiger partial charge in [-0.05, 0) is 61.5 Å². The zero-order valence-electron chi connectivity index (χ0n) is 23.9. The van der Waals surface area contributed by atoms with E-state index in [2.05, 4.69) is 31.2 Å². The van der Waals surface area contributed by atoms with E-state index in [0.29, 0.717) is 31.3 Å². The third-order valence-corrected chi connectivity index (χ3v) is 10.9. The number of hydrogen-bond acceptors (Lipinski definition) is 7. The number of benzene rings is 1. The lowest BCUT2D eigenvalue weighted by Gasteiger charge is -2.57. The first-order valence-electron chi connectivity index (χ1n) is 14.1. The van der Waals surface area contributed by atoms with Crippen LogP contribution in [0.1, 0.15) is 81.6 Å². The molecule has 0 aliphatic heterocycles. The van der Waals surface area contributed by atoms with Crippen molar-refractivity contribution in [3.8, 4) is 0 Å². The Bertz CT molecular complexity index is 1030. The number of hydrogen-bond donors (Lipinski definition) is 2. The van der Waals surface area contributed by atoms with Gasteiger partial charge in [-0.3, -0.25) is 0 Å². The van der Waals surface area contributed by atoms with Gasteiger partial charge >= 0.3 is 0 Å². The summed E-state index contributed by atoms with van der Waals surface area (Å²) in [6, 6.07) is 8.51. The average molecular weight is 531 g/mol. The highest BCUT2D eigenvalue weighted by Crippen LogP contribution is 2.67. The minimum atomic E-state index is -0.944. The van der Waals surface area contributed by atoms with Gasteiger partial charge in [-0.25, -0.2) is 0 Å². The topological polar surface area (TPSA) is 86.6 Å². The maximum atomic E-state index is 12.1. The standard InChI is InChI=1S/C31H46O7/c1-28-17-23(20-7-9-21(10-8-20)27(35-3)36-4)26-22(24(28)12-15-30(28,33)19-34-2)11-14-29(32)18-31(37-5,38-6)16-13-25(26)29/h7-10,22-24,27,32-33H,11-19H2,1-6H3/t22?,23?,24?,28-,29?,30?/m0/s1. The van der Waals surface area contributed by atoms with Crippen LogP contribution in [-0.4, -0.2) is 69.4 Å². The van der Waals surface area contributed by atoms with E-state index in [1.54, 1.807) is 35.5 Å². The lowest BCUT2D eigenvalue weighted by Crippen LogP contribution is -2.56. The number of allylic oxidation sites excluding steroid dienone is 1. The van der Waals surface area contributed by atoms with Gasteiger partial charge < -0.3 is 33.9 Å². The molecule has 4 aliphatic carbocycles. The van der Waals surface area contributed by atoms with Crippen molar-refractivity contribution in [2.45, 2.75) is 87.5 Å². The van der Waals surface area contributed by atoms with Gasteiger partial charge in [0, 0.05) is 65.3 Å². The van der Waals surface area contributed by atoms with Crippen molar-refractivity contribution in [3.05, 3.63) is 46.5 Å². The zero-order chi connectivity index (χ0) is 27.3. The third kappa shape index (κ3) is 4.21. The summed E-state index contributed by atoms with van der Waals surface area (Å²) in [7, 11) is 8.32. The van der Waals surface area contributed by atoms with E-state index in [4.69, 9.17) is 23.7 Å². The van der Waals surface area contributed by atoms with Crippen molar-refractivity contribution in [1.82, 2.24) is 0 Å². The van der Waals surface area contributed by atoms with Gasteiger partial charge in [-0.15, -0.1) is 0 Å². The van der Waals surface area contributed by atoms with Crippen molar-refractivity contribution in [3.63, 3.8) is 0 Å². The van der Waals surface area contributed by atoms with E-state index in [-0.39, 0.29) is 11.3 Å². The summed E-state index contributed by atoms with van der Waals surface area (Å²) < 4.78 is 28.1. The van der Waals surface area contributed by atoms with Crippen LogP contribution < -0.4 is 0 Å². The molecule has 2 N–H and O–H groups in total. The molecular weight excluding hydrogens is 484 g/mol. The smallest absolute Gasteiger partial charge is 0.183 e. The fourth-order valence-corrected chi connectivity index (χ4v) is 8.82. The van der Waals surface area contributed by atoms with Crippen LogP contribution in [0.25, 0.3) is 0 Å². The van der Waals surface area contributed by atoms with Gasteiger partial charge in [-0.2, -0.15) is 0 Å². The van der Waals surface area contributed by atoms with Crippen molar-refractivity contribution < 1.29 is 33.9 Å². The van der Waals surface area contributed by atoms with Gasteiger partial charge in [0.15, 0.2) is 12.1 Å². The minimum absolute atomic E-state index is 0.0970. The predicted octanol–water partition coefficient (Wildman–Crippen LogP) is 4.87. The number of aliphatic hydroxyl groups is 2. The fourth-order valence-electron chi connectivity index (χ4n) is 8.82. The van der Waals surface area contributed by atoms with Gasteiger partial charge in [0.05, 0.1) is 17.8 Å². The highest BCUT2D eigenvalue weighted by Gasteiger charge is 2.64. The van der Waals surface area contributed by atoms with Crippen molar-refractivity contribution >= 4 is 0 Å². The van der Waals surface area contributed by atoms with E-state index in [9.17, 15) is 10.2 Å². The molecule has 4 aliphatic rings. The number of ether oxygens (including phenoxy) is 5. The first-order valence-corrected chi connectivity index (χ1v) is 14.1. The number of methoxy groups -OCH3 is 5. The summed E-state index contributed by atoms with van der Waals surface area (Å²) >= 11 is 0. The quantitative estimate of drug-likeness (QED) is 0.366. The molecule has 5 rings (SSSR count). The van der Waals surface area contributed by atoms with Crippen LogP contribution in [0.2, 0.25) is 0 Å². The second-order valence-electron chi connectivity index (χ2n) is 12.4. The molecule has 6 atom stereocenters. The molecule has 0 bridgehead atoms. The van der Waals surface area contributed by atoms with Gasteiger partial charge in [0.2, 0.25) is 0 Å². The van der Waals surface area contributed by atoms with E-state index in [1.165, 1.54) is 16.7 Å². The first kappa shape index (κ1) is 28.2. The minimum Gasteiger partial charge on any atom is -0.387 e. The van der Waals surface area contributed by atoms with Gasteiger partial charge in [0.25, 0.3) is 0 Å². The Labute approximate surface area is 227 Å². The van der Waals surface area contributed by atoms with Crippen LogP contribution in [0.15, 0.2) is 35.4 Å². The Hall–Kier alpha value is -1.32. The lowest BCUT2D eigenvalue weighted by atomic mass is 9.49. The normalized spacial score (nSPS) is 38.2. The predicted molar refractivity (Wildman–Crippen MR) is 144 cm³/mol. The molecule has 3 saturated carbocycles. The van der Waals surface area contributed by atoms with Crippen LogP contribution in [0.3, 0.4) is 0 Å². The van der Waals surface area contributed by atoms with Crippen LogP contribution in [0.4, 0.5) is 0 Å². The summed E-state index contributed by atoms with van der Waals surface area (Å²) in [5, 5.41) is 24.1. The molecule has 38 heavy (non-hydrogen) atoms. The molecule has 3 fully saturated rings. The molecular formula is C31H46O7. The van der Waals surface area contributed by atoms with Gasteiger partial charge in [-0.1, -0.05) is 36.8 Å². The monoisotopic (exact) mass is 530 g/mol. The summed E-state index contributed by atoms with van der Waals surface area (Å²) in [6.45, 7) is 2.63.